The summed E-state index contributed by atoms with van der Waals surface area (Å²) in [6.07, 6.45) is 102. The molecular formula is C82H147NO8P+. The van der Waals surface area contributed by atoms with Crippen LogP contribution in [-0.4, -0.2) is 74.9 Å². The number of nitrogens with zero attached hydrogens (tertiary/aromatic N) is 1. The van der Waals surface area contributed by atoms with Gasteiger partial charge in [0.2, 0.25) is 0 Å². The molecule has 0 saturated carbocycles. The second-order valence-electron chi connectivity index (χ2n) is 27.0. The van der Waals surface area contributed by atoms with E-state index in [1.54, 1.807) is 0 Å². The molecule has 0 aliphatic rings. The zero-order chi connectivity index (χ0) is 66.9. The molecule has 10 heteroatoms. The first kappa shape index (κ1) is 88.7. The molecule has 0 aromatic carbocycles. The third-order valence-electron chi connectivity index (χ3n) is 16.8. The Hall–Kier alpha value is -3.33. The van der Waals surface area contributed by atoms with Gasteiger partial charge < -0.3 is 18.9 Å². The zero-order valence-electron chi connectivity index (χ0n) is 60.8. The topological polar surface area (TPSA) is 108 Å². The first-order valence-electron chi connectivity index (χ1n) is 38.6. The Morgan fingerprint density at radius 2 is 0.620 bits per heavy atom. The zero-order valence-corrected chi connectivity index (χ0v) is 61.7. The van der Waals surface area contributed by atoms with E-state index in [-0.39, 0.29) is 32.0 Å². The quantitative estimate of drug-likeness (QED) is 0.0211. The van der Waals surface area contributed by atoms with Gasteiger partial charge in [0.15, 0.2) is 6.10 Å². The van der Waals surface area contributed by atoms with Gasteiger partial charge in [-0.05, 0) is 103 Å². The standard InChI is InChI=1S/C82H146NO8P/c1-6-8-10-12-14-16-18-20-22-24-26-28-30-32-34-35-36-37-38-39-40-41-42-43-44-45-46-47-49-51-53-55-57-59-61-63-65-67-69-71-73-75-82(85)91-80(79-90-92(86,87)89-77-76-83(3,4)5)78-88-81(84)74-72-70-68-66-64-62-60-58-56-54-52-50-48-33-31-29-27-25-23-21-19-17-15-13-11-9-7-2/h8,10,14,16,19-22,25-28,31-34,36-37,80H,6-7,9,11-13,15,17-18,23-24,29-30,35,38-79H2,1-5H3/p+1/b10-8-,16-14-,21-19-,22-20-,27-25-,28-26-,33-31-,34-32-,37-36-. The first-order chi connectivity index (χ1) is 45.0. The van der Waals surface area contributed by atoms with Crippen molar-refractivity contribution in [3.63, 3.8) is 0 Å². The minimum absolute atomic E-state index is 0.0301. The Kier molecular flexibility index (Phi) is 69.3. The fourth-order valence-corrected chi connectivity index (χ4v) is 11.7. The number of unbranched alkanes of at least 4 members (excludes halogenated alkanes) is 39. The number of allylic oxidation sites excluding steroid dienone is 18. The van der Waals surface area contributed by atoms with Crippen molar-refractivity contribution in [2.75, 3.05) is 47.5 Å². The Morgan fingerprint density at radius 1 is 0.348 bits per heavy atom. The van der Waals surface area contributed by atoms with E-state index in [0.717, 1.165) is 83.5 Å². The minimum Gasteiger partial charge on any atom is -0.462 e. The van der Waals surface area contributed by atoms with Crippen LogP contribution in [0.3, 0.4) is 0 Å². The SMILES string of the molecule is CC/C=C\C/C=C\C/C=C\C/C=C\C/C=C\C/C=C\CCCCCCCCCCCCCCCCCCCCCCCCC(=O)OC(COC(=O)CCCCCCCCCCCCCC/C=C\C/C=C\C/C=C\CCCCCCC)COP(=O)(O)OCC[N+](C)(C)C. The van der Waals surface area contributed by atoms with Crippen molar-refractivity contribution >= 4 is 19.8 Å². The minimum atomic E-state index is -4.40. The molecule has 0 heterocycles. The number of rotatable bonds is 71. The molecule has 2 atom stereocenters. The number of ether oxygens (including phenoxy) is 2. The van der Waals surface area contributed by atoms with E-state index in [1.807, 2.05) is 21.1 Å². The largest absolute Gasteiger partial charge is 0.472 e. The van der Waals surface area contributed by atoms with Crippen LogP contribution in [0.2, 0.25) is 0 Å². The van der Waals surface area contributed by atoms with Crippen LogP contribution in [0.25, 0.3) is 0 Å². The van der Waals surface area contributed by atoms with Crippen molar-refractivity contribution in [3.05, 3.63) is 109 Å². The number of phosphoric ester groups is 1. The van der Waals surface area contributed by atoms with Crippen LogP contribution >= 0.6 is 7.82 Å². The van der Waals surface area contributed by atoms with E-state index in [1.165, 1.54) is 231 Å². The predicted molar refractivity (Wildman–Crippen MR) is 399 cm³/mol. The van der Waals surface area contributed by atoms with Gasteiger partial charge in [-0.2, -0.15) is 0 Å². The monoisotopic (exact) mass is 1310 g/mol. The Morgan fingerprint density at radius 3 is 0.924 bits per heavy atom. The molecule has 0 aromatic heterocycles. The number of phosphoric acid groups is 1. The summed E-state index contributed by atoms with van der Waals surface area (Å²) in [6, 6.07) is 0. The maximum absolute atomic E-state index is 12.9. The molecule has 0 radical (unpaired) electrons. The van der Waals surface area contributed by atoms with Crippen LogP contribution in [0.15, 0.2) is 109 Å². The normalized spacial score (nSPS) is 13.7. The summed E-state index contributed by atoms with van der Waals surface area (Å²) in [5.41, 5.74) is 0. The molecule has 0 aliphatic heterocycles. The number of hydrogen-bond acceptors (Lipinski definition) is 7. The highest BCUT2D eigenvalue weighted by atomic mass is 31.2. The maximum Gasteiger partial charge on any atom is 0.472 e. The molecule has 0 bridgehead atoms. The van der Waals surface area contributed by atoms with E-state index in [0.29, 0.717) is 17.4 Å². The van der Waals surface area contributed by atoms with Crippen molar-refractivity contribution in [2.45, 2.75) is 354 Å². The van der Waals surface area contributed by atoms with Crippen LogP contribution in [0.4, 0.5) is 0 Å². The van der Waals surface area contributed by atoms with Gasteiger partial charge >= 0.3 is 19.8 Å². The van der Waals surface area contributed by atoms with Crippen molar-refractivity contribution in [3.8, 4) is 0 Å². The summed E-state index contributed by atoms with van der Waals surface area (Å²) >= 11 is 0. The Balaban J connectivity index is 3.95. The summed E-state index contributed by atoms with van der Waals surface area (Å²) in [7, 11) is 1.48. The van der Waals surface area contributed by atoms with Gasteiger partial charge in [0, 0.05) is 12.8 Å². The highest BCUT2D eigenvalue weighted by Gasteiger charge is 2.27. The van der Waals surface area contributed by atoms with Crippen LogP contribution in [-0.2, 0) is 32.7 Å². The van der Waals surface area contributed by atoms with Crippen LogP contribution in [0, 0.1) is 0 Å². The number of quaternary nitrogens is 1. The number of carbonyl (C=O) groups excluding carboxylic acids is 2. The average Bonchev–Trinajstić information content (AvgIpc) is 2.23. The molecule has 532 valence electrons. The fourth-order valence-electron chi connectivity index (χ4n) is 10.9. The first-order valence-corrected chi connectivity index (χ1v) is 40.1. The summed E-state index contributed by atoms with van der Waals surface area (Å²) in [5.74, 6) is -0.787. The van der Waals surface area contributed by atoms with Crippen LogP contribution in [0.5, 0.6) is 0 Å². The second-order valence-corrected chi connectivity index (χ2v) is 28.5. The van der Waals surface area contributed by atoms with Crippen LogP contribution in [0.1, 0.15) is 348 Å². The third kappa shape index (κ3) is 75.7. The lowest BCUT2D eigenvalue weighted by Gasteiger charge is -2.24. The van der Waals surface area contributed by atoms with Gasteiger partial charge in [0.25, 0.3) is 0 Å². The lowest BCUT2D eigenvalue weighted by molar-refractivity contribution is -0.870. The van der Waals surface area contributed by atoms with Crippen molar-refractivity contribution in [2.24, 2.45) is 0 Å². The van der Waals surface area contributed by atoms with Crippen molar-refractivity contribution < 1.29 is 42.1 Å². The van der Waals surface area contributed by atoms with E-state index < -0.39 is 26.5 Å². The molecule has 0 aromatic rings. The van der Waals surface area contributed by atoms with E-state index in [4.69, 9.17) is 18.5 Å². The lowest BCUT2D eigenvalue weighted by atomic mass is 10.0. The summed E-state index contributed by atoms with van der Waals surface area (Å²) < 4.78 is 34.8. The van der Waals surface area contributed by atoms with Gasteiger partial charge in [0.05, 0.1) is 27.7 Å². The van der Waals surface area contributed by atoms with Crippen molar-refractivity contribution in [1.82, 2.24) is 0 Å². The fraction of sp³-hybridized carbons (Fsp3) is 0.756. The number of carbonyl (C=O) groups is 2. The van der Waals surface area contributed by atoms with E-state index in [2.05, 4.69) is 123 Å². The average molecular weight is 1310 g/mol. The van der Waals surface area contributed by atoms with Crippen LogP contribution < -0.4 is 0 Å². The summed E-state index contributed by atoms with van der Waals surface area (Å²) in [6.45, 7) is 4.34. The number of hydrogen-bond donors (Lipinski definition) is 1. The smallest absolute Gasteiger partial charge is 0.462 e. The second kappa shape index (κ2) is 72.0. The van der Waals surface area contributed by atoms with Gasteiger partial charge in [0.1, 0.15) is 19.8 Å². The molecule has 0 amide bonds. The molecule has 0 rings (SSSR count). The highest BCUT2D eigenvalue weighted by Crippen LogP contribution is 2.43. The molecule has 0 fully saturated rings. The number of esters is 2. The third-order valence-corrected chi connectivity index (χ3v) is 17.8. The highest BCUT2D eigenvalue weighted by molar-refractivity contribution is 7.47. The maximum atomic E-state index is 12.9. The molecule has 2 unspecified atom stereocenters. The Bertz CT molecular complexity index is 1920. The molecule has 0 aliphatic carbocycles. The molecule has 1 N–H and O–H groups in total. The van der Waals surface area contributed by atoms with Gasteiger partial charge in [-0.3, -0.25) is 18.6 Å². The summed E-state index contributed by atoms with van der Waals surface area (Å²) in [5, 5.41) is 0. The van der Waals surface area contributed by atoms with Gasteiger partial charge in [-0.15, -0.1) is 0 Å². The van der Waals surface area contributed by atoms with E-state index in [9.17, 15) is 19.0 Å². The van der Waals surface area contributed by atoms with Crippen molar-refractivity contribution in [1.29, 1.82) is 0 Å². The molecule has 0 spiro atoms. The lowest BCUT2D eigenvalue weighted by Crippen LogP contribution is -2.37. The molecule has 9 nitrogen and oxygen atoms in total. The molecule has 92 heavy (non-hydrogen) atoms. The Labute approximate surface area is 569 Å². The summed E-state index contributed by atoms with van der Waals surface area (Å²) in [4.78, 5) is 35.9. The molecule has 0 saturated heterocycles. The molecular weight excluding hydrogens is 1160 g/mol. The predicted octanol–water partition coefficient (Wildman–Crippen LogP) is 25.6. The van der Waals surface area contributed by atoms with Gasteiger partial charge in [-0.25, -0.2) is 4.57 Å². The van der Waals surface area contributed by atoms with E-state index >= 15 is 0 Å². The van der Waals surface area contributed by atoms with Gasteiger partial charge in [-0.1, -0.05) is 342 Å². The number of likely N-dealkylation sites (N-methyl/N-ethyl adjacent to an activating group) is 1.